The highest BCUT2D eigenvalue weighted by atomic mass is 79.9. The van der Waals surface area contributed by atoms with E-state index in [1.54, 1.807) is 18.2 Å². The summed E-state index contributed by atoms with van der Waals surface area (Å²) in [6.45, 7) is 0. The number of hydrogen-bond acceptors (Lipinski definition) is 1. The summed E-state index contributed by atoms with van der Waals surface area (Å²) >= 11 is 3.16. The highest BCUT2D eigenvalue weighted by Crippen LogP contribution is 2.25. The Morgan fingerprint density at radius 3 is 2.60 bits per heavy atom. The predicted molar refractivity (Wildman–Crippen MR) is 52.9 cm³/mol. The lowest BCUT2D eigenvalue weighted by Gasteiger charge is -2.10. The van der Waals surface area contributed by atoms with Crippen molar-refractivity contribution in [1.82, 2.24) is 4.98 Å². The van der Waals surface area contributed by atoms with Gasteiger partial charge in [-0.1, -0.05) is 6.07 Å². The first-order valence-electron chi connectivity index (χ1n) is 4.41. The number of rotatable bonds is 3. The molecule has 0 fully saturated rings. The molecule has 1 heterocycles. The van der Waals surface area contributed by atoms with Crippen molar-refractivity contribution < 1.29 is 18.9 Å². The molecule has 0 spiro atoms. The number of halogens is 4. The summed E-state index contributed by atoms with van der Waals surface area (Å²) in [6.07, 6.45) is -4.98. The fraction of sp³-hybridized carbons (Fsp3) is 0.444. The normalized spacial score (nSPS) is 13.9. The average molecular weight is 284 g/mol. The van der Waals surface area contributed by atoms with Crippen molar-refractivity contribution in [3.8, 4) is 0 Å². The molecule has 0 aliphatic carbocycles. The van der Waals surface area contributed by atoms with E-state index in [0.29, 0.717) is 10.3 Å². The third-order valence-electron chi connectivity index (χ3n) is 1.93. The Balaban J connectivity index is 2.58. The van der Waals surface area contributed by atoms with Crippen molar-refractivity contribution in [3.05, 3.63) is 28.5 Å². The van der Waals surface area contributed by atoms with Gasteiger partial charge in [0.1, 0.15) is 10.6 Å². The second kappa shape index (κ2) is 4.94. The number of nitrogens with zero attached hydrogens (tertiary/aromatic N) is 1. The van der Waals surface area contributed by atoms with Crippen LogP contribution in [-0.2, 0) is 0 Å². The fourth-order valence-electron chi connectivity index (χ4n) is 1.14. The average Bonchev–Trinajstić information content (AvgIpc) is 2.13. The fourth-order valence-corrected chi connectivity index (χ4v) is 1.49. The molecule has 84 valence electrons. The molecule has 0 aromatic carbocycles. The number of pyridine rings is 1. The molecule has 1 aromatic rings. The minimum absolute atomic E-state index is 0.0348. The Morgan fingerprint density at radius 1 is 1.40 bits per heavy atom. The van der Waals surface area contributed by atoms with Gasteiger partial charge in [-0.05, 0) is 28.1 Å². The van der Waals surface area contributed by atoms with Crippen LogP contribution in [0, 0.1) is 0 Å². The van der Waals surface area contributed by atoms with Crippen LogP contribution < -0.4 is 5.73 Å². The topological polar surface area (TPSA) is 40.5 Å². The van der Waals surface area contributed by atoms with Crippen molar-refractivity contribution in [3.63, 3.8) is 0 Å². The quantitative estimate of drug-likeness (QED) is 0.851. The molecule has 15 heavy (non-hydrogen) atoms. The molecule has 0 saturated heterocycles. The van der Waals surface area contributed by atoms with Gasteiger partial charge in [-0.25, -0.2) is 4.98 Å². The zero-order valence-corrected chi connectivity index (χ0v) is 9.48. The molecule has 1 rings (SSSR count). The molecular formula is C9H11BrF3N2+. The lowest BCUT2D eigenvalue weighted by molar-refractivity contribution is -0.431. The smallest absolute Gasteiger partial charge is 0.350 e. The second-order valence-corrected chi connectivity index (χ2v) is 4.05. The van der Waals surface area contributed by atoms with E-state index in [1.807, 2.05) is 0 Å². The van der Waals surface area contributed by atoms with Gasteiger partial charge in [0.25, 0.3) is 0 Å². The molecule has 0 radical (unpaired) electrons. The van der Waals surface area contributed by atoms with Crippen LogP contribution in [0.2, 0.25) is 0 Å². The van der Waals surface area contributed by atoms with E-state index < -0.39 is 18.6 Å². The molecule has 1 atom stereocenters. The van der Waals surface area contributed by atoms with Crippen molar-refractivity contribution >= 4 is 15.9 Å². The van der Waals surface area contributed by atoms with Gasteiger partial charge >= 0.3 is 6.18 Å². The Kier molecular flexibility index (Phi) is 4.10. The summed E-state index contributed by atoms with van der Waals surface area (Å²) in [5, 5.41) is 0. The molecule has 2 nitrogen and oxygen atoms in total. The zero-order valence-electron chi connectivity index (χ0n) is 7.89. The number of alkyl halides is 3. The van der Waals surface area contributed by atoms with Gasteiger partial charge in [0.2, 0.25) is 0 Å². The Morgan fingerprint density at radius 2 is 2.07 bits per heavy atom. The van der Waals surface area contributed by atoms with Crippen LogP contribution in [-0.4, -0.2) is 11.2 Å². The predicted octanol–water partition coefficient (Wildman–Crippen LogP) is 2.47. The van der Waals surface area contributed by atoms with Gasteiger partial charge in [0.15, 0.2) is 0 Å². The highest BCUT2D eigenvalue weighted by molar-refractivity contribution is 9.10. The number of hydrogen-bond donors (Lipinski definition) is 1. The van der Waals surface area contributed by atoms with Crippen LogP contribution in [0.5, 0.6) is 0 Å². The van der Waals surface area contributed by atoms with Crippen molar-refractivity contribution in [2.75, 3.05) is 0 Å². The van der Waals surface area contributed by atoms with Crippen LogP contribution in [0.4, 0.5) is 13.2 Å². The van der Waals surface area contributed by atoms with Crippen LogP contribution in [0.3, 0.4) is 0 Å². The molecule has 1 unspecified atom stereocenters. The standard InChI is InChI=1S/C9H10BrF3N2/c10-8-3-1-2-7(15-8)6(14)4-5-9(11,12)13/h1-3,6H,4-5,14H2/p+1. The van der Waals surface area contributed by atoms with E-state index in [-0.39, 0.29) is 6.42 Å². The van der Waals surface area contributed by atoms with Gasteiger partial charge in [0.05, 0.1) is 5.69 Å². The van der Waals surface area contributed by atoms with E-state index in [9.17, 15) is 13.2 Å². The largest absolute Gasteiger partial charge is 0.389 e. The van der Waals surface area contributed by atoms with E-state index in [2.05, 4.69) is 26.6 Å². The monoisotopic (exact) mass is 283 g/mol. The van der Waals surface area contributed by atoms with Crippen molar-refractivity contribution in [2.24, 2.45) is 0 Å². The molecule has 0 amide bonds. The third kappa shape index (κ3) is 4.61. The first kappa shape index (κ1) is 12.4. The van der Waals surface area contributed by atoms with E-state index >= 15 is 0 Å². The molecule has 6 heteroatoms. The maximum atomic E-state index is 12.0. The lowest BCUT2D eigenvalue weighted by atomic mass is 10.1. The summed E-state index contributed by atoms with van der Waals surface area (Å²) < 4.78 is 36.5. The summed E-state index contributed by atoms with van der Waals surface area (Å²) in [4.78, 5) is 4.06. The molecule has 0 aliphatic heterocycles. The molecule has 1 aromatic heterocycles. The van der Waals surface area contributed by atoms with Crippen LogP contribution in [0.25, 0.3) is 0 Å². The minimum Gasteiger partial charge on any atom is -0.350 e. The van der Waals surface area contributed by atoms with Crippen LogP contribution in [0.1, 0.15) is 24.6 Å². The zero-order chi connectivity index (χ0) is 11.5. The second-order valence-electron chi connectivity index (χ2n) is 3.24. The first-order valence-corrected chi connectivity index (χ1v) is 5.20. The highest BCUT2D eigenvalue weighted by Gasteiger charge is 2.29. The van der Waals surface area contributed by atoms with Crippen molar-refractivity contribution in [2.45, 2.75) is 25.1 Å². The van der Waals surface area contributed by atoms with Crippen molar-refractivity contribution in [1.29, 1.82) is 0 Å². The Hall–Kier alpha value is -0.620. The van der Waals surface area contributed by atoms with Gasteiger partial charge in [-0.2, -0.15) is 13.2 Å². The Labute approximate surface area is 93.8 Å². The van der Waals surface area contributed by atoms with E-state index in [4.69, 9.17) is 0 Å². The summed E-state index contributed by atoms with van der Waals surface area (Å²) in [7, 11) is 0. The molecule has 0 saturated carbocycles. The molecule has 0 aliphatic rings. The van der Waals surface area contributed by atoms with Gasteiger partial charge in [0, 0.05) is 12.8 Å². The lowest BCUT2D eigenvalue weighted by Crippen LogP contribution is -2.54. The van der Waals surface area contributed by atoms with Gasteiger partial charge in [-0.3, -0.25) is 0 Å². The number of quaternary nitrogens is 1. The van der Waals surface area contributed by atoms with Gasteiger partial charge in [-0.15, -0.1) is 0 Å². The third-order valence-corrected chi connectivity index (χ3v) is 2.37. The first-order chi connectivity index (χ1) is 6.88. The summed E-state index contributed by atoms with van der Waals surface area (Å²) in [5.41, 5.74) is 4.25. The molecule has 0 bridgehead atoms. The van der Waals surface area contributed by atoms with Crippen LogP contribution >= 0.6 is 15.9 Å². The SMILES string of the molecule is [NH3+]C(CCC(F)(F)F)c1cccc(Br)n1. The minimum atomic E-state index is -4.12. The van der Waals surface area contributed by atoms with Gasteiger partial charge < -0.3 is 5.73 Å². The number of aromatic nitrogens is 1. The molecular weight excluding hydrogens is 273 g/mol. The van der Waals surface area contributed by atoms with E-state index in [1.165, 1.54) is 0 Å². The Bertz CT molecular complexity index is 327. The maximum absolute atomic E-state index is 12.0. The summed E-state index contributed by atoms with van der Waals surface area (Å²) in [5.74, 6) is 0. The van der Waals surface area contributed by atoms with Crippen LogP contribution in [0.15, 0.2) is 22.8 Å². The summed E-state index contributed by atoms with van der Waals surface area (Å²) in [6, 6.07) is 4.71. The molecule has 3 N–H and O–H groups in total. The van der Waals surface area contributed by atoms with E-state index in [0.717, 1.165) is 0 Å². The maximum Gasteiger partial charge on any atom is 0.389 e.